The number of thiazole rings is 1. The van der Waals surface area contributed by atoms with Gasteiger partial charge in [0.05, 0.1) is 23.9 Å². The molecule has 0 unspecified atom stereocenters. The van der Waals surface area contributed by atoms with Crippen molar-refractivity contribution in [2.45, 2.75) is 20.3 Å². The minimum atomic E-state index is -0.289. The number of anilines is 2. The molecule has 0 aliphatic carbocycles. The number of carbonyl (C=O) groups excluding carboxylic acids is 2. The summed E-state index contributed by atoms with van der Waals surface area (Å²) >= 11 is 4.61. The molecule has 3 aromatic heterocycles. The highest BCUT2D eigenvalue weighted by Gasteiger charge is 2.18. The first kappa shape index (κ1) is 19.2. The second-order valence-electron chi connectivity index (χ2n) is 5.64. The van der Waals surface area contributed by atoms with Gasteiger partial charge in [-0.05, 0) is 48.0 Å². The molecule has 140 valence electrons. The van der Waals surface area contributed by atoms with Crippen LogP contribution in [0.2, 0.25) is 0 Å². The van der Waals surface area contributed by atoms with Gasteiger partial charge in [0.1, 0.15) is 11.6 Å². The molecule has 2 amide bonds. The maximum absolute atomic E-state index is 12.6. The number of nitrogens with zero attached hydrogens (tertiary/aromatic N) is 3. The van der Waals surface area contributed by atoms with Gasteiger partial charge in [0, 0.05) is 22.6 Å². The summed E-state index contributed by atoms with van der Waals surface area (Å²) in [6.07, 6.45) is 3.24. The fraction of sp³-hybridized carbons (Fsp3) is 0.222. The van der Waals surface area contributed by atoms with E-state index < -0.39 is 0 Å². The number of carbonyl (C=O) groups is 2. The number of halogens is 1. The van der Waals surface area contributed by atoms with Crippen LogP contribution in [0.3, 0.4) is 0 Å². The molecule has 0 aromatic carbocycles. The largest absolute Gasteiger partial charge is 0.469 e. The molecule has 0 bridgehead atoms. The third-order valence-electron chi connectivity index (χ3n) is 3.81. The lowest BCUT2D eigenvalue weighted by atomic mass is 10.2. The number of pyridine rings is 1. The van der Waals surface area contributed by atoms with E-state index in [0.717, 1.165) is 4.47 Å². The van der Waals surface area contributed by atoms with Gasteiger partial charge in [-0.1, -0.05) is 0 Å². The summed E-state index contributed by atoms with van der Waals surface area (Å²) in [6, 6.07) is 5.23. The maximum atomic E-state index is 12.6. The molecule has 3 aromatic rings. The third-order valence-corrected chi connectivity index (χ3v) is 5.09. The summed E-state index contributed by atoms with van der Waals surface area (Å²) in [4.78, 5) is 35.0. The van der Waals surface area contributed by atoms with Crippen molar-refractivity contribution in [2.75, 3.05) is 16.8 Å². The Bertz CT molecular complexity index is 952. The topological polar surface area (TPSA) is 88.3 Å². The van der Waals surface area contributed by atoms with Crippen molar-refractivity contribution in [1.82, 2.24) is 9.97 Å². The Balaban J connectivity index is 1.65. The Labute approximate surface area is 168 Å². The number of nitrogens with one attached hydrogen (secondary N) is 1. The molecule has 0 aliphatic heterocycles. The average Bonchev–Trinajstić information content (AvgIpc) is 3.26. The minimum Gasteiger partial charge on any atom is -0.469 e. The number of hydrogen-bond acceptors (Lipinski definition) is 6. The molecule has 3 rings (SSSR count). The van der Waals surface area contributed by atoms with Crippen molar-refractivity contribution < 1.29 is 14.0 Å². The fourth-order valence-corrected chi connectivity index (χ4v) is 3.41. The van der Waals surface area contributed by atoms with Gasteiger partial charge in [0.15, 0.2) is 5.13 Å². The Morgan fingerprint density at radius 1 is 1.33 bits per heavy atom. The maximum Gasteiger partial charge on any atom is 0.260 e. The molecule has 7 nitrogen and oxygen atoms in total. The van der Waals surface area contributed by atoms with E-state index in [1.165, 1.54) is 17.6 Å². The van der Waals surface area contributed by atoms with Crippen molar-refractivity contribution in [3.8, 4) is 0 Å². The van der Waals surface area contributed by atoms with Crippen LogP contribution >= 0.6 is 27.3 Å². The van der Waals surface area contributed by atoms with Gasteiger partial charge in [-0.25, -0.2) is 9.97 Å². The van der Waals surface area contributed by atoms with Crippen LogP contribution < -0.4 is 10.2 Å². The normalized spacial score (nSPS) is 10.6. The molecular weight excluding hydrogens is 432 g/mol. The van der Waals surface area contributed by atoms with Crippen LogP contribution in [0.25, 0.3) is 0 Å². The monoisotopic (exact) mass is 448 g/mol. The third kappa shape index (κ3) is 4.61. The van der Waals surface area contributed by atoms with Crippen LogP contribution in [0.15, 0.2) is 44.9 Å². The lowest BCUT2D eigenvalue weighted by Crippen LogP contribution is -2.32. The molecule has 1 N–H and O–H groups in total. The van der Waals surface area contributed by atoms with Gasteiger partial charge in [-0.15, -0.1) is 11.3 Å². The van der Waals surface area contributed by atoms with Gasteiger partial charge in [-0.2, -0.15) is 0 Å². The Kier molecular flexibility index (Phi) is 6.02. The lowest BCUT2D eigenvalue weighted by molar-refractivity contribution is -0.118. The molecule has 27 heavy (non-hydrogen) atoms. The molecule has 0 radical (unpaired) electrons. The second kappa shape index (κ2) is 8.45. The van der Waals surface area contributed by atoms with Crippen molar-refractivity contribution in [3.05, 3.63) is 57.5 Å². The summed E-state index contributed by atoms with van der Waals surface area (Å²) in [5, 5.41) is 4.93. The molecule has 0 fully saturated rings. The summed E-state index contributed by atoms with van der Waals surface area (Å²) in [6.45, 7) is 4.11. The number of likely N-dealkylation sites (N-methyl/N-ethyl adjacent to an activating group) is 1. The first-order valence-electron chi connectivity index (χ1n) is 8.19. The minimum absolute atomic E-state index is 0.110. The summed E-state index contributed by atoms with van der Waals surface area (Å²) in [5.41, 5.74) is 1.06. The highest BCUT2D eigenvalue weighted by Crippen LogP contribution is 2.20. The van der Waals surface area contributed by atoms with Crippen LogP contribution in [-0.4, -0.2) is 28.3 Å². The zero-order chi connectivity index (χ0) is 19.4. The Hall–Kier alpha value is -2.52. The number of aromatic nitrogens is 2. The molecule has 0 spiro atoms. The Morgan fingerprint density at radius 2 is 2.15 bits per heavy atom. The highest BCUT2D eigenvalue weighted by molar-refractivity contribution is 9.10. The van der Waals surface area contributed by atoms with Crippen LogP contribution in [0, 0.1) is 6.92 Å². The van der Waals surface area contributed by atoms with E-state index in [-0.39, 0.29) is 18.2 Å². The first-order valence-corrected chi connectivity index (χ1v) is 9.87. The van der Waals surface area contributed by atoms with E-state index in [4.69, 9.17) is 4.42 Å². The predicted octanol–water partition coefficient (Wildman–Crippen LogP) is 4.05. The van der Waals surface area contributed by atoms with Crippen molar-refractivity contribution in [3.63, 3.8) is 0 Å². The lowest BCUT2D eigenvalue weighted by Gasteiger charge is -2.19. The molecule has 0 saturated heterocycles. The number of hydrogen-bond donors (Lipinski definition) is 1. The van der Waals surface area contributed by atoms with E-state index in [1.807, 2.05) is 13.0 Å². The number of amides is 2. The molecule has 0 saturated carbocycles. The van der Waals surface area contributed by atoms with Gasteiger partial charge >= 0.3 is 0 Å². The summed E-state index contributed by atoms with van der Waals surface area (Å²) in [5.74, 6) is 0.730. The number of rotatable bonds is 6. The van der Waals surface area contributed by atoms with Crippen LogP contribution in [0.1, 0.15) is 28.7 Å². The second-order valence-corrected chi connectivity index (χ2v) is 7.41. The van der Waals surface area contributed by atoms with Gasteiger partial charge < -0.3 is 4.42 Å². The van der Waals surface area contributed by atoms with E-state index in [0.29, 0.717) is 34.5 Å². The predicted molar refractivity (Wildman–Crippen MR) is 107 cm³/mol. The zero-order valence-corrected chi connectivity index (χ0v) is 17.1. The Morgan fingerprint density at radius 3 is 2.78 bits per heavy atom. The highest BCUT2D eigenvalue weighted by atomic mass is 79.9. The SMILES string of the molecule is CCN(C(=O)Cc1csc(NC(=O)c2ccoc2C)n1)c1ccc(Br)cn1. The quantitative estimate of drug-likeness (QED) is 0.614. The molecule has 9 heteroatoms. The zero-order valence-electron chi connectivity index (χ0n) is 14.7. The smallest absolute Gasteiger partial charge is 0.260 e. The van der Waals surface area contributed by atoms with Gasteiger partial charge in [0.25, 0.3) is 5.91 Å². The van der Waals surface area contributed by atoms with Crippen LogP contribution in [0.5, 0.6) is 0 Å². The van der Waals surface area contributed by atoms with Crippen molar-refractivity contribution in [1.29, 1.82) is 0 Å². The van der Waals surface area contributed by atoms with Crippen LogP contribution in [0.4, 0.5) is 10.9 Å². The van der Waals surface area contributed by atoms with Crippen molar-refractivity contribution in [2.24, 2.45) is 0 Å². The first-order chi connectivity index (χ1) is 13.0. The molecule has 3 heterocycles. The fourth-order valence-electron chi connectivity index (χ4n) is 2.47. The number of furan rings is 1. The van der Waals surface area contributed by atoms with E-state index in [1.54, 1.807) is 35.5 Å². The average molecular weight is 449 g/mol. The molecule has 0 aliphatic rings. The standard InChI is InChI=1S/C18H17BrN4O3S/c1-3-23(15-5-4-12(19)9-20-15)16(24)8-13-10-27-18(21-13)22-17(25)14-6-7-26-11(14)2/h4-7,9-10H,3,8H2,1-2H3,(H,21,22,25). The van der Waals surface area contributed by atoms with E-state index in [2.05, 4.69) is 31.2 Å². The number of aryl methyl sites for hydroxylation is 1. The van der Waals surface area contributed by atoms with Gasteiger partial charge in [-0.3, -0.25) is 19.8 Å². The van der Waals surface area contributed by atoms with E-state index in [9.17, 15) is 9.59 Å². The summed E-state index contributed by atoms with van der Waals surface area (Å²) in [7, 11) is 0. The van der Waals surface area contributed by atoms with E-state index >= 15 is 0 Å². The van der Waals surface area contributed by atoms with Crippen LogP contribution in [-0.2, 0) is 11.2 Å². The van der Waals surface area contributed by atoms with Gasteiger partial charge in [0.2, 0.25) is 5.91 Å². The van der Waals surface area contributed by atoms with Crippen molar-refractivity contribution >= 4 is 50.0 Å². The molecule has 0 atom stereocenters. The molecular formula is C18H17BrN4O3S. The summed E-state index contributed by atoms with van der Waals surface area (Å²) < 4.78 is 5.98.